The van der Waals surface area contributed by atoms with E-state index in [-0.39, 0.29) is 6.54 Å². The summed E-state index contributed by atoms with van der Waals surface area (Å²) in [6.07, 6.45) is 2.19. The van der Waals surface area contributed by atoms with Crippen LogP contribution in [0.3, 0.4) is 0 Å². The van der Waals surface area contributed by atoms with Crippen LogP contribution in [0.1, 0.15) is 24.6 Å². The maximum atomic E-state index is 5.61. The largest absolute Gasteiger partial charge is 0.386 e. The third kappa shape index (κ3) is 3.06. The number of nitrogens with two attached hydrogens (primary N) is 2. The molecule has 1 heterocycles. The smallest absolute Gasteiger partial charge is 0.251 e. The van der Waals surface area contributed by atoms with Gasteiger partial charge in [0.15, 0.2) is 0 Å². The lowest BCUT2D eigenvalue weighted by Crippen LogP contribution is -2.22. The quantitative estimate of drug-likeness (QED) is 0.646. The molecule has 0 aliphatic rings. The first kappa shape index (κ1) is 13.4. The van der Waals surface area contributed by atoms with Crippen molar-refractivity contribution in [2.24, 2.45) is 16.5 Å². The Morgan fingerprint density at radius 1 is 1.32 bits per heavy atom. The molecule has 0 fully saturated rings. The molecule has 5 heteroatoms. The molecule has 0 atom stereocenters. The highest BCUT2D eigenvalue weighted by atomic mass is 15.1. The number of aliphatic imine (C=N–C) groups is 1. The average molecular weight is 257 g/mol. The molecule has 0 aliphatic heterocycles. The highest BCUT2D eigenvalue weighted by Crippen LogP contribution is 2.20. The standard InChI is InChI=1S/C14H19N5/c1-3-4-10-5-6-12-11(7-10)9(2)17-14(18-12)19-13(16)8-15/h5-7H,3-4,8,15H2,1-2H3,(H2,16,17,18,19). The van der Waals surface area contributed by atoms with Gasteiger partial charge in [0, 0.05) is 5.39 Å². The molecule has 0 bridgehead atoms. The third-order valence-corrected chi connectivity index (χ3v) is 2.93. The van der Waals surface area contributed by atoms with Gasteiger partial charge in [0.25, 0.3) is 5.95 Å². The summed E-state index contributed by atoms with van der Waals surface area (Å²) in [6.45, 7) is 4.33. The molecule has 4 N–H and O–H groups in total. The van der Waals surface area contributed by atoms with Crippen LogP contribution in [0.2, 0.25) is 0 Å². The number of amidine groups is 1. The lowest BCUT2D eigenvalue weighted by atomic mass is 10.1. The van der Waals surface area contributed by atoms with E-state index in [9.17, 15) is 0 Å². The summed E-state index contributed by atoms with van der Waals surface area (Å²) in [7, 11) is 0. The summed E-state index contributed by atoms with van der Waals surface area (Å²) in [5, 5.41) is 1.07. The molecule has 1 aromatic heterocycles. The summed E-state index contributed by atoms with van der Waals surface area (Å²) in [6, 6.07) is 6.25. The minimum absolute atomic E-state index is 0.204. The van der Waals surface area contributed by atoms with Crippen LogP contribution in [-0.2, 0) is 6.42 Å². The Hall–Kier alpha value is -2.01. The van der Waals surface area contributed by atoms with Crippen molar-refractivity contribution >= 4 is 22.7 Å². The predicted octanol–water partition coefficient (Wildman–Crippen LogP) is 1.84. The number of aryl methyl sites for hydroxylation is 2. The fourth-order valence-electron chi connectivity index (χ4n) is 1.98. The van der Waals surface area contributed by atoms with Crippen molar-refractivity contribution in [2.45, 2.75) is 26.7 Å². The van der Waals surface area contributed by atoms with Crippen LogP contribution < -0.4 is 11.5 Å². The number of fused-ring (bicyclic) bond motifs is 1. The van der Waals surface area contributed by atoms with E-state index in [0.29, 0.717) is 11.8 Å². The van der Waals surface area contributed by atoms with Gasteiger partial charge in [-0.05, 0) is 31.0 Å². The topological polar surface area (TPSA) is 90.2 Å². The Morgan fingerprint density at radius 2 is 2.11 bits per heavy atom. The zero-order chi connectivity index (χ0) is 13.8. The second-order valence-corrected chi connectivity index (χ2v) is 4.52. The molecule has 2 rings (SSSR count). The van der Waals surface area contributed by atoms with Gasteiger partial charge < -0.3 is 11.5 Å². The highest BCUT2D eigenvalue weighted by molar-refractivity contribution is 5.86. The second-order valence-electron chi connectivity index (χ2n) is 4.52. The normalized spacial score (nSPS) is 12.1. The molecule has 1 aromatic carbocycles. The number of benzene rings is 1. The molecular formula is C14H19N5. The van der Waals surface area contributed by atoms with Crippen molar-refractivity contribution in [1.82, 2.24) is 9.97 Å². The number of rotatable bonds is 4. The maximum absolute atomic E-state index is 5.61. The van der Waals surface area contributed by atoms with Crippen LogP contribution in [0.4, 0.5) is 5.95 Å². The van der Waals surface area contributed by atoms with Gasteiger partial charge in [-0.15, -0.1) is 0 Å². The minimum atomic E-state index is 0.204. The van der Waals surface area contributed by atoms with E-state index in [1.807, 2.05) is 13.0 Å². The molecule has 0 aliphatic carbocycles. The summed E-state index contributed by atoms with van der Waals surface area (Å²) in [5.74, 6) is 0.706. The van der Waals surface area contributed by atoms with Crippen LogP contribution in [-0.4, -0.2) is 22.3 Å². The fourth-order valence-corrected chi connectivity index (χ4v) is 1.98. The summed E-state index contributed by atoms with van der Waals surface area (Å²) < 4.78 is 0. The average Bonchev–Trinajstić information content (AvgIpc) is 2.40. The Morgan fingerprint density at radius 3 is 2.79 bits per heavy atom. The third-order valence-electron chi connectivity index (χ3n) is 2.93. The predicted molar refractivity (Wildman–Crippen MR) is 78.6 cm³/mol. The van der Waals surface area contributed by atoms with E-state index in [1.54, 1.807) is 0 Å². The SMILES string of the molecule is CCCc1ccc2nc(/N=C(\N)CN)nc(C)c2c1. The molecule has 0 spiro atoms. The molecule has 100 valence electrons. The first-order valence-electron chi connectivity index (χ1n) is 6.44. The Balaban J connectivity index is 2.50. The van der Waals surface area contributed by atoms with Crippen LogP contribution in [0.15, 0.2) is 23.2 Å². The van der Waals surface area contributed by atoms with Crippen LogP contribution in [0, 0.1) is 6.92 Å². The molecule has 0 saturated carbocycles. The lowest BCUT2D eigenvalue weighted by Gasteiger charge is -2.05. The van der Waals surface area contributed by atoms with Crippen LogP contribution >= 0.6 is 0 Å². The lowest BCUT2D eigenvalue weighted by molar-refractivity contribution is 0.923. The van der Waals surface area contributed by atoms with E-state index >= 15 is 0 Å². The van der Waals surface area contributed by atoms with Gasteiger partial charge in [0.1, 0.15) is 5.84 Å². The van der Waals surface area contributed by atoms with Crippen molar-refractivity contribution in [3.63, 3.8) is 0 Å². The molecule has 2 aromatic rings. The van der Waals surface area contributed by atoms with Crippen LogP contribution in [0.25, 0.3) is 10.9 Å². The van der Waals surface area contributed by atoms with Gasteiger partial charge in [-0.2, -0.15) is 4.99 Å². The van der Waals surface area contributed by atoms with Crippen molar-refractivity contribution in [3.8, 4) is 0 Å². The highest BCUT2D eigenvalue weighted by Gasteiger charge is 2.05. The van der Waals surface area contributed by atoms with Crippen molar-refractivity contribution in [3.05, 3.63) is 29.5 Å². The molecule has 19 heavy (non-hydrogen) atoms. The molecule has 0 amide bonds. The van der Waals surface area contributed by atoms with Crippen LogP contribution in [0.5, 0.6) is 0 Å². The zero-order valence-electron chi connectivity index (χ0n) is 11.3. The fraction of sp³-hybridized carbons (Fsp3) is 0.357. The number of aromatic nitrogens is 2. The van der Waals surface area contributed by atoms with Gasteiger partial charge in [0.05, 0.1) is 17.8 Å². The second kappa shape index (κ2) is 5.75. The Bertz CT molecular complexity index is 619. The molecule has 5 nitrogen and oxygen atoms in total. The Labute approximate surface area is 112 Å². The summed E-state index contributed by atoms with van der Waals surface area (Å²) in [4.78, 5) is 12.8. The van der Waals surface area contributed by atoms with Crippen molar-refractivity contribution in [1.29, 1.82) is 0 Å². The van der Waals surface area contributed by atoms with E-state index in [4.69, 9.17) is 11.5 Å². The van der Waals surface area contributed by atoms with Gasteiger partial charge in [-0.1, -0.05) is 19.4 Å². The summed E-state index contributed by atoms with van der Waals surface area (Å²) in [5.41, 5.74) is 14.1. The van der Waals surface area contributed by atoms with Gasteiger partial charge in [-0.25, -0.2) is 9.97 Å². The molecule has 0 unspecified atom stereocenters. The van der Waals surface area contributed by atoms with Gasteiger partial charge in [0.2, 0.25) is 0 Å². The summed E-state index contributed by atoms with van der Waals surface area (Å²) >= 11 is 0. The first-order chi connectivity index (χ1) is 9.13. The zero-order valence-corrected chi connectivity index (χ0v) is 11.3. The van der Waals surface area contributed by atoms with Gasteiger partial charge >= 0.3 is 0 Å². The molecular weight excluding hydrogens is 238 g/mol. The van der Waals surface area contributed by atoms with Gasteiger partial charge in [-0.3, -0.25) is 0 Å². The van der Waals surface area contributed by atoms with E-state index in [2.05, 4.69) is 34.0 Å². The number of nitrogens with zero attached hydrogens (tertiary/aromatic N) is 3. The Kier molecular flexibility index (Phi) is 4.06. The molecule has 0 radical (unpaired) electrons. The first-order valence-corrected chi connectivity index (χ1v) is 6.44. The number of hydrogen-bond donors (Lipinski definition) is 2. The van der Waals surface area contributed by atoms with Crippen molar-refractivity contribution in [2.75, 3.05) is 6.54 Å². The van der Waals surface area contributed by atoms with E-state index < -0.39 is 0 Å². The van der Waals surface area contributed by atoms with E-state index in [0.717, 1.165) is 29.4 Å². The van der Waals surface area contributed by atoms with E-state index in [1.165, 1.54) is 5.56 Å². The monoisotopic (exact) mass is 257 g/mol. The molecule has 0 saturated heterocycles. The minimum Gasteiger partial charge on any atom is -0.386 e. The maximum Gasteiger partial charge on any atom is 0.251 e. The van der Waals surface area contributed by atoms with Crippen molar-refractivity contribution < 1.29 is 0 Å². The number of hydrogen-bond acceptors (Lipinski definition) is 4.